The minimum Gasteiger partial charge on any atom is -0.344 e. The van der Waals surface area contributed by atoms with Crippen molar-refractivity contribution in [3.63, 3.8) is 0 Å². The van der Waals surface area contributed by atoms with Crippen molar-refractivity contribution < 1.29 is 4.79 Å². The van der Waals surface area contributed by atoms with Gasteiger partial charge in [-0.15, -0.1) is 5.10 Å². The van der Waals surface area contributed by atoms with E-state index >= 15 is 0 Å². The van der Waals surface area contributed by atoms with Crippen LogP contribution in [0.15, 0.2) is 60.7 Å². The Bertz CT molecular complexity index is 1080. The summed E-state index contributed by atoms with van der Waals surface area (Å²) >= 11 is 0. The Labute approximate surface area is 151 Å². The van der Waals surface area contributed by atoms with Gasteiger partial charge in [0.25, 0.3) is 0 Å². The number of ketones is 1. The number of aryl methyl sites for hydroxylation is 1. The van der Waals surface area contributed by atoms with Crippen LogP contribution in [0.5, 0.6) is 0 Å². The third-order valence-corrected chi connectivity index (χ3v) is 4.77. The van der Waals surface area contributed by atoms with Crippen LogP contribution in [-0.4, -0.2) is 25.3 Å². The molecule has 0 radical (unpaired) electrons. The van der Waals surface area contributed by atoms with Crippen molar-refractivity contribution in [1.29, 1.82) is 0 Å². The highest BCUT2D eigenvalue weighted by Crippen LogP contribution is 2.19. The van der Waals surface area contributed by atoms with E-state index in [1.165, 1.54) is 5.56 Å². The van der Waals surface area contributed by atoms with Crippen molar-refractivity contribution in [2.45, 2.75) is 26.9 Å². The van der Waals surface area contributed by atoms with Gasteiger partial charge < -0.3 is 4.57 Å². The number of nitrogens with zero attached hydrogens (tertiary/aromatic N) is 4. The summed E-state index contributed by atoms with van der Waals surface area (Å²) in [6.45, 7) is 4.99. The highest BCUT2D eigenvalue weighted by molar-refractivity contribution is 5.97. The average molecular weight is 344 g/mol. The standard InChI is InChI=1S/C21H20N4O/c1-15-12-18(16(2)24(15)13-17-8-4-3-5-9-17)21(26)14-25-20-11-7-6-10-19(20)22-23-25/h3-12H,13-14H2,1-2H3. The first-order chi connectivity index (χ1) is 12.6. The van der Waals surface area contributed by atoms with Crippen molar-refractivity contribution in [3.05, 3.63) is 83.2 Å². The molecule has 4 aromatic rings. The first-order valence-corrected chi connectivity index (χ1v) is 8.65. The van der Waals surface area contributed by atoms with Gasteiger partial charge in [0, 0.05) is 23.5 Å². The number of para-hydroxylation sites is 1. The van der Waals surface area contributed by atoms with Crippen molar-refractivity contribution in [2.24, 2.45) is 0 Å². The van der Waals surface area contributed by atoms with E-state index in [0.717, 1.165) is 34.5 Å². The SMILES string of the molecule is Cc1cc(C(=O)Cn2nnc3ccccc32)c(C)n1Cc1ccccc1. The number of benzene rings is 2. The van der Waals surface area contributed by atoms with E-state index in [9.17, 15) is 4.79 Å². The lowest BCUT2D eigenvalue weighted by atomic mass is 10.1. The van der Waals surface area contributed by atoms with Crippen LogP contribution >= 0.6 is 0 Å². The van der Waals surface area contributed by atoms with E-state index < -0.39 is 0 Å². The molecule has 2 heterocycles. The minimum absolute atomic E-state index is 0.0491. The lowest BCUT2D eigenvalue weighted by Gasteiger charge is -2.10. The fourth-order valence-corrected chi connectivity index (χ4v) is 3.35. The minimum atomic E-state index is 0.0491. The Morgan fingerprint density at radius 2 is 1.73 bits per heavy atom. The molecular weight excluding hydrogens is 324 g/mol. The molecule has 0 spiro atoms. The predicted molar refractivity (Wildman–Crippen MR) is 101 cm³/mol. The zero-order valence-electron chi connectivity index (χ0n) is 14.9. The van der Waals surface area contributed by atoms with Crippen molar-refractivity contribution in [1.82, 2.24) is 19.6 Å². The second-order valence-electron chi connectivity index (χ2n) is 6.52. The van der Waals surface area contributed by atoms with Gasteiger partial charge in [-0.05, 0) is 37.6 Å². The molecule has 5 nitrogen and oxygen atoms in total. The third-order valence-electron chi connectivity index (χ3n) is 4.77. The molecule has 5 heteroatoms. The number of carbonyl (C=O) groups excluding carboxylic acids is 1. The molecule has 130 valence electrons. The number of Topliss-reactive ketones (excluding diaryl/α,β-unsaturated/α-hetero) is 1. The fourth-order valence-electron chi connectivity index (χ4n) is 3.35. The summed E-state index contributed by atoms with van der Waals surface area (Å²) in [5.41, 5.74) is 5.71. The van der Waals surface area contributed by atoms with E-state index in [0.29, 0.717) is 0 Å². The molecule has 0 aliphatic heterocycles. The first-order valence-electron chi connectivity index (χ1n) is 8.65. The monoisotopic (exact) mass is 344 g/mol. The number of hydrogen-bond acceptors (Lipinski definition) is 3. The van der Waals surface area contributed by atoms with Gasteiger partial charge in [-0.1, -0.05) is 47.7 Å². The fraction of sp³-hybridized carbons (Fsp3) is 0.190. The smallest absolute Gasteiger partial charge is 0.186 e. The zero-order valence-corrected chi connectivity index (χ0v) is 14.9. The number of carbonyl (C=O) groups is 1. The van der Waals surface area contributed by atoms with Gasteiger partial charge >= 0.3 is 0 Å². The van der Waals surface area contributed by atoms with Crippen LogP contribution in [0.4, 0.5) is 0 Å². The van der Waals surface area contributed by atoms with E-state index in [-0.39, 0.29) is 12.3 Å². The Morgan fingerprint density at radius 3 is 2.54 bits per heavy atom. The lowest BCUT2D eigenvalue weighted by molar-refractivity contribution is 0.0968. The summed E-state index contributed by atoms with van der Waals surface area (Å²) in [6, 6.07) is 19.9. The Balaban J connectivity index is 1.61. The van der Waals surface area contributed by atoms with E-state index in [4.69, 9.17) is 0 Å². The topological polar surface area (TPSA) is 52.7 Å². The highest BCUT2D eigenvalue weighted by Gasteiger charge is 2.17. The predicted octanol–water partition coefficient (Wildman–Crippen LogP) is 3.78. The number of hydrogen-bond donors (Lipinski definition) is 0. The quantitative estimate of drug-likeness (QED) is 0.518. The third kappa shape index (κ3) is 2.92. The van der Waals surface area contributed by atoms with Crippen LogP contribution in [-0.2, 0) is 13.1 Å². The molecule has 0 unspecified atom stereocenters. The van der Waals surface area contributed by atoms with Gasteiger partial charge in [0.2, 0.25) is 0 Å². The van der Waals surface area contributed by atoms with Gasteiger partial charge in [0.1, 0.15) is 12.1 Å². The van der Waals surface area contributed by atoms with Gasteiger partial charge in [0.05, 0.1) is 5.52 Å². The van der Waals surface area contributed by atoms with Crippen LogP contribution in [0.1, 0.15) is 27.3 Å². The summed E-state index contributed by atoms with van der Waals surface area (Å²) in [5.74, 6) is 0.0491. The maximum atomic E-state index is 12.9. The van der Waals surface area contributed by atoms with Gasteiger partial charge in [0.15, 0.2) is 5.78 Å². The normalized spacial score (nSPS) is 11.2. The molecule has 0 saturated carbocycles. The largest absolute Gasteiger partial charge is 0.344 e. The van der Waals surface area contributed by atoms with E-state index in [1.54, 1.807) is 4.68 Å². The summed E-state index contributed by atoms with van der Waals surface area (Å²) in [5, 5.41) is 8.25. The molecule has 0 aliphatic rings. The van der Waals surface area contributed by atoms with Crippen LogP contribution in [0, 0.1) is 13.8 Å². The summed E-state index contributed by atoms with van der Waals surface area (Å²) in [6.07, 6.45) is 0. The molecule has 0 atom stereocenters. The maximum Gasteiger partial charge on any atom is 0.186 e. The molecule has 0 fully saturated rings. The van der Waals surface area contributed by atoms with Crippen LogP contribution in [0.2, 0.25) is 0 Å². The molecule has 0 aliphatic carbocycles. The number of aromatic nitrogens is 4. The molecule has 4 rings (SSSR count). The van der Waals surface area contributed by atoms with Crippen LogP contribution < -0.4 is 0 Å². The molecule has 26 heavy (non-hydrogen) atoms. The zero-order chi connectivity index (χ0) is 18.1. The van der Waals surface area contributed by atoms with E-state index in [1.807, 2.05) is 62.4 Å². The molecule has 0 bridgehead atoms. The summed E-state index contributed by atoms with van der Waals surface area (Å²) < 4.78 is 3.85. The van der Waals surface area contributed by atoms with Crippen molar-refractivity contribution in [3.8, 4) is 0 Å². The Kier molecular flexibility index (Phi) is 4.13. The van der Waals surface area contributed by atoms with E-state index in [2.05, 4.69) is 27.0 Å². The molecule has 0 saturated heterocycles. The second kappa shape index (κ2) is 6.59. The second-order valence-corrected chi connectivity index (χ2v) is 6.52. The van der Waals surface area contributed by atoms with Gasteiger partial charge in [-0.25, -0.2) is 4.68 Å². The summed E-state index contributed by atoms with van der Waals surface area (Å²) in [4.78, 5) is 12.9. The maximum absolute atomic E-state index is 12.9. The summed E-state index contributed by atoms with van der Waals surface area (Å²) in [7, 11) is 0. The van der Waals surface area contributed by atoms with Crippen LogP contribution in [0.3, 0.4) is 0 Å². The van der Waals surface area contributed by atoms with Gasteiger partial charge in [-0.2, -0.15) is 0 Å². The molecule has 0 N–H and O–H groups in total. The average Bonchev–Trinajstić information content (AvgIpc) is 3.19. The number of rotatable bonds is 5. The van der Waals surface area contributed by atoms with Crippen molar-refractivity contribution >= 4 is 16.8 Å². The molecular formula is C21H20N4O. The molecule has 2 aromatic heterocycles. The van der Waals surface area contributed by atoms with Crippen molar-refractivity contribution in [2.75, 3.05) is 0 Å². The highest BCUT2D eigenvalue weighted by atomic mass is 16.1. The Morgan fingerprint density at radius 1 is 1.00 bits per heavy atom. The Hall–Kier alpha value is -3.21. The lowest BCUT2D eigenvalue weighted by Crippen LogP contribution is -2.13. The molecule has 2 aromatic carbocycles. The van der Waals surface area contributed by atoms with Gasteiger partial charge in [-0.3, -0.25) is 4.79 Å². The molecule has 0 amide bonds. The first kappa shape index (κ1) is 16.3. The number of fused-ring (bicyclic) bond motifs is 1. The van der Waals surface area contributed by atoms with Crippen LogP contribution in [0.25, 0.3) is 11.0 Å².